The fourth-order valence-electron chi connectivity index (χ4n) is 5.68. The number of hydrogen-bond donors (Lipinski definition) is 3. The maximum Gasteiger partial charge on any atom is 0.263 e. The van der Waals surface area contributed by atoms with Gasteiger partial charge in [0.15, 0.2) is 5.78 Å². The standard InChI is InChI=1S/C27H31NO4/c1-4-5-20-21-12-15(2)6-11-19(21)16(3)13-22(20)25(30)24-26(31)23(14-28-27(24)32)17-7-9-18(29)10-8-17/h4-5,7-10,13-16,19-21,29H,6,11-12H2,1-3H3,(H2,28,31,32)/t15-,16?,19+,20?,21-/m0/s1. The number of Topliss-reactive ketones (excluding diaryl/α,β-unsaturated/α-hetero) is 1. The minimum atomic E-state index is -0.595. The highest BCUT2D eigenvalue weighted by atomic mass is 16.3. The van der Waals surface area contributed by atoms with Crippen molar-refractivity contribution in [2.24, 2.45) is 29.6 Å². The third-order valence-electron chi connectivity index (χ3n) is 7.29. The normalized spacial score (nSPS) is 27.7. The number of aromatic hydroxyl groups is 2. The number of rotatable bonds is 4. The van der Waals surface area contributed by atoms with E-state index in [1.165, 1.54) is 24.8 Å². The predicted molar refractivity (Wildman–Crippen MR) is 126 cm³/mol. The van der Waals surface area contributed by atoms with Gasteiger partial charge in [0.05, 0.1) is 0 Å². The molecule has 5 nitrogen and oxygen atoms in total. The number of aromatic amines is 1. The third-order valence-corrected chi connectivity index (χ3v) is 7.29. The molecule has 3 N–H and O–H groups in total. The Balaban J connectivity index is 1.80. The molecule has 1 fully saturated rings. The maximum absolute atomic E-state index is 13.7. The minimum absolute atomic E-state index is 0.0624. The summed E-state index contributed by atoms with van der Waals surface area (Å²) in [6.45, 7) is 6.38. The first-order chi connectivity index (χ1) is 15.3. The molecule has 0 bridgehead atoms. The average Bonchev–Trinajstić information content (AvgIpc) is 2.76. The minimum Gasteiger partial charge on any atom is -0.508 e. The molecule has 32 heavy (non-hydrogen) atoms. The number of phenols is 1. The molecule has 0 amide bonds. The second-order valence-electron chi connectivity index (χ2n) is 9.41. The largest absolute Gasteiger partial charge is 0.508 e. The Morgan fingerprint density at radius 1 is 1.09 bits per heavy atom. The van der Waals surface area contributed by atoms with Gasteiger partial charge in [-0.15, -0.1) is 0 Å². The Morgan fingerprint density at radius 3 is 2.50 bits per heavy atom. The summed E-state index contributed by atoms with van der Waals surface area (Å²) in [5.74, 6) is 1.05. The molecule has 5 atom stereocenters. The molecule has 1 heterocycles. The lowest BCUT2D eigenvalue weighted by Crippen LogP contribution is -2.39. The fourth-order valence-corrected chi connectivity index (χ4v) is 5.68. The second-order valence-corrected chi connectivity index (χ2v) is 9.41. The number of aromatic nitrogens is 1. The third kappa shape index (κ3) is 3.92. The molecule has 0 saturated heterocycles. The van der Waals surface area contributed by atoms with Crippen molar-refractivity contribution in [2.45, 2.75) is 40.0 Å². The number of nitrogens with one attached hydrogen (secondary N) is 1. The predicted octanol–water partition coefficient (Wildman–Crippen LogP) is 5.46. The van der Waals surface area contributed by atoms with Crippen LogP contribution in [0.5, 0.6) is 11.5 Å². The highest BCUT2D eigenvalue weighted by molar-refractivity contribution is 6.11. The van der Waals surface area contributed by atoms with Crippen LogP contribution in [0, 0.1) is 29.6 Å². The summed E-state index contributed by atoms with van der Waals surface area (Å²) >= 11 is 0. The van der Waals surface area contributed by atoms with Crippen LogP contribution < -0.4 is 5.56 Å². The van der Waals surface area contributed by atoms with Crippen molar-refractivity contribution in [3.63, 3.8) is 0 Å². The summed E-state index contributed by atoms with van der Waals surface area (Å²) in [5, 5.41) is 20.6. The quantitative estimate of drug-likeness (QED) is 0.441. The van der Waals surface area contributed by atoms with Crippen molar-refractivity contribution in [3.8, 4) is 22.6 Å². The van der Waals surface area contributed by atoms with Crippen LogP contribution in [0.15, 0.2) is 59.1 Å². The van der Waals surface area contributed by atoms with Crippen molar-refractivity contribution >= 4 is 5.78 Å². The van der Waals surface area contributed by atoms with Crippen molar-refractivity contribution < 1.29 is 15.0 Å². The summed E-state index contributed by atoms with van der Waals surface area (Å²) in [6.07, 6.45) is 10.9. The summed E-state index contributed by atoms with van der Waals surface area (Å²) in [7, 11) is 0. The van der Waals surface area contributed by atoms with Gasteiger partial charge in [0, 0.05) is 23.3 Å². The van der Waals surface area contributed by atoms with Crippen molar-refractivity contribution in [3.05, 3.63) is 70.2 Å². The lowest BCUT2D eigenvalue weighted by atomic mass is 9.59. The zero-order valence-electron chi connectivity index (χ0n) is 18.8. The lowest BCUT2D eigenvalue weighted by molar-refractivity contribution is 0.0919. The summed E-state index contributed by atoms with van der Waals surface area (Å²) in [4.78, 5) is 29.1. The van der Waals surface area contributed by atoms with Gasteiger partial charge in [-0.05, 0) is 61.1 Å². The number of fused-ring (bicyclic) bond motifs is 1. The Morgan fingerprint density at radius 2 is 1.81 bits per heavy atom. The van der Waals surface area contributed by atoms with E-state index < -0.39 is 11.3 Å². The molecular formula is C27H31NO4. The van der Waals surface area contributed by atoms with E-state index >= 15 is 0 Å². The van der Waals surface area contributed by atoms with E-state index in [2.05, 4.69) is 24.9 Å². The van der Waals surface area contributed by atoms with Gasteiger partial charge in [-0.25, -0.2) is 0 Å². The van der Waals surface area contributed by atoms with Crippen LogP contribution in [0.3, 0.4) is 0 Å². The van der Waals surface area contributed by atoms with E-state index in [1.807, 2.05) is 19.1 Å². The molecule has 1 aromatic carbocycles. The van der Waals surface area contributed by atoms with Crippen LogP contribution in [0.25, 0.3) is 11.1 Å². The number of ketones is 1. The number of H-pyrrole nitrogens is 1. The Hall–Kier alpha value is -3.08. The number of allylic oxidation sites excluding steroid dienone is 4. The van der Waals surface area contributed by atoms with Gasteiger partial charge in [-0.2, -0.15) is 0 Å². The number of carbonyl (C=O) groups excluding carboxylic acids is 1. The molecule has 1 saturated carbocycles. The van der Waals surface area contributed by atoms with E-state index in [4.69, 9.17) is 0 Å². The van der Waals surface area contributed by atoms with Crippen LogP contribution >= 0.6 is 0 Å². The number of hydrogen-bond acceptors (Lipinski definition) is 4. The molecule has 4 rings (SSSR count). The Kier molecular flexibility index (Phi) is 6.09. The molecule has 168 valence electrons. The zero-order valence-corrected chi connectivity index (χ0v) is 18.8. The van der Waals surface area contributed by atoms with Gasteiger partial charge < -0.3 is 15.2 Å². The first-order valence-electron chi connectivity index (χ1n) is 11.4. The maximum atomic E-state index is 13.7. The van der Waals surface area contributed by atoms with Gasteiger partial charge in [0.2, 0.25) is 0 Å². The summed E-state index contributed by atoms with van der Waals surface area (Å²) in [5.41, 5.74) is 0.745. The zero-order chi connectivity index (χ0) is 23.0. The van der Waals surface area contributed by atoms with Gasteiger partial charge >= 0.3 is 0 Å². The molecule has 2 aromatic rings. The molecule has 2 aliphatic rings. The first kappa shape index (κ1) is 22.1. The van der Waals surface area contributed by atoms with Gasteiger partial charge in [0.25, 0.3) is 5.56 Å². The molecule has 0 spiro atoms. The van der Waals surface area contributed by atoms with E-state index in [0.717, 1.165) is 12.8 Å². The number of pyridine rings is 1. The van der Waals surface area contributed by atoms with Gasteiger partial charge in [-0.3, -0.25) is 9.59 Å². The SMILES string of the molecule is CC=CC1C(C(=O)c2c(O)c(-c3ccc(O)cc3)c[nH]c2=O)=CC(C)[C@H]2CC[C@H](C)C[C@H]12. The average molecular weight is 434 g/mol. The van der Waals surface area contributed by atoms with Crippen molar-refractivity contribution in [1.29, 1.82) is 0 Å². The molecule has 5 heteroatoms. The number of benzene rings is 1. The fraction of sp³-hybridized carbons (Fsp3) is 0.407. The monoisotopic (exact) mass is 433 g/mol. The molecule has 0 radical (unpaired) electrons. The van der Waals surface area contributed by atoms with Crippen molar-refractivity contribution in [2.75, 3.05) is 0 Å². The molecule has 1 aromatic heterocycles. The first-order valence-corrected chi connectivity index (χ1v) is 11.4. The lowest BCUT2D eigenvalue weighted by Gasteiger charge is -2.45. The van der Waals surface area contributed by atoms with Gasteiger partial charge in [-0.1, -0.05) is 50.6 Å². The van der Waals surface area contributed by atoms with Crippen LogP contribution in [-0.2, 0) is 0 Å². The van der Waals surface area contributed by atoms with Crippen molar-refractivity contribution in [1.82, 2.24) is 4.98 Å². The Bertz CT molecular complexity index is 1130. The summed E-state index contributed by atoms with van der Waals surface area (Å²) < 4.78 is 0. The van der Waals surface area contributed by atoms with E-state index in [0.29, 0.717) is 34.5 Å². The van der Waals surface area contributed by atoms with Crippen LogP contribution in [-0.4, -0.2) is 21.0 Å². The molecular weight excluding hydrogens is 402 g/mol. The van der Waals surface area contributed by atoms with Gasteiger partial charge in [0.1, 0.15) is 17.1 Å². The highest BCUT2D eigenvalue weighted by Crippen LogP contribution is 2.49. The topological polar surface area (TPSA) is 90.4 Å². The molecule has 2 aliphatic carbocycles. The smallest absolute Gasteiger partial charge is 0.263 e. The van der Waals surface area contributed by atoms with Crippen LogP contribution in [0.1, 0.15) is 50.4 Å². The summed E-state index contributed by atoms with van der Waals surface area (Å²) in [6, 6.07) is 6.27. The number of carbonyl (C=O) groups is 1. The second kappa shape index (κ2) is 8.81. The molecule has 0 aliphatic heterocycles. The van der Waals surface area contributed by atoms with Crippen LogP contribution in [0.2, 0.25) is 0 Å². The number of phenolic OH excluding ortho intramolecular Hbond substituents is 1. The van der Waals surface area contributed by atoms with Crippen LogP contribution in [0.4, 0.5) is 0 Å². The van der Waals surface area contributed by atoms with E-state index in [1.54, 1.807) is 12.1 Å². The Labute approximate surface area is 188 Å². The van der Waals surface area contributed by atoms with E-state index in [9.17, 15) is 19.8 Å². The highest BCUT2D eigenvalue weighted by Gasteiger charge is 2.42. The van der Waals surface area contributed by atoms with E-state index in [-0.39, 0.29) is 28.9 Å². The molecule has 2 unspecified atom stereocenters.